The van der Waals surface area contributed by atoms with Gasteiger partial charge in [-0.05, 0) is 45.7 Å². The first kappa shape index (κ1) is 15.0. The molecule has 1 saturated heterocycles. The van der Waals surface area contributed by atoms with Gasteiger partial charge >= 0.3 is 0 Å². The van der Waals surface area contributed by atoms with E-state index in [2.05, 4.69) is 24.1 Å². The molecule has 1 N–H and O–H groups in total. The molecule has 0 bridgehead atoms. The van der Waals surface area contributed by atoms with Crippen LogP contribution in [0.15, 0.2) is 30.3 Å². The van der Waals surface area contributed by atoms with Crippen LogP contribution in [0, 0.1) is 6.92 Å². The molecule has 0 spiro atoms. The van der Waals surface area contributed by atoms with Crippen molar-refractivity contribution in [2.75, 3.05) is 6.61 Å². The summed E-state index contributed by atoms with van der Waals surface area (Å²) >= 11 is 0. The molecule has 0 aliphatic carbocycles. The maximum Gasteiger partial charge on any atom is 0.252 e. The lowest BCUT2D eigenvalue weighted by Gasteiger charge is -2.35. The Morgan fingerprint density at radius 3 is 2.91 bits per heavy atom. The molecule has 4 heteroatoms. The van der Waals surface area contributed by atoms with Crippen molar-refractivity contribution in [3.8, 4) is 0 Å². The zero-order valence-corrected chi connectivity index (χ0v) is 13.3. The number of aryl methyl sites for hydroxylation is 1. The molecule has 1 atom stereocenters. The summed E-state index contributed by atoms with van der Waals surface area (Å²) in [6.07, 6.45) is 1.69. The number of ether oxygens (including phenoxy) is 1. The van der Waals surface area contributed by atoms with Crippen molar-refractivity contribution in [1.82, 2.24) is 10.3 Å². The molecule has 116 valence electrons. The Morgan fingerprint density at radius 1 is 1.36 bits per heavy atom. The van der Waals surface area contributed by atoms with Crippen molar-refractivity contribution >= 4 is 16.8 Å². The number of nitrogens with zero attached hydrogens (tertiary/aromatic N) is 1. The fraction of sp³-hybridized carbons (Fsp3) is 0.444. The topological polar surface area (TPSA) is 51.2 Å². The number of amides is 1. The molecule has 3 rings (SSSR count). The minimum Gasteiger partial charge on any atom is -0.375 e. The number of carbonyl (C=O) groups is 1. The number of nitrogens with one attached hydrogen (secondary N) is 1. The van der Waals surface area contributed by atoms with E-state index in [1.54, 1.807) is 0 Å². The average molecular weight is 298 g/mol. The first-order chi connectivity index (χ1) is 10.4. The molecule has 1 fully saturated rings. The van der Waals surface area contributed by atoms with E-state index in [0.29, 0.717) is 12.2 Å². The second-order valence-corrected chi connectivity index (χ2v) is 6.60. The van der Waals surface area contributed by atoms with Crippen LogP contribution in [0.25, 0.3) is 10.9 Å². The SMILES string of the molecule is Cc1cc(C(=O)NC2CCOC(C)(C)C2)c2ccccc2n1. The number of para-hydroxylation sites is 1. The second kappa shape index (κ2) is 5.69. The van der Waals surface area contributed by atoms with Crippen molar-refractivity contribution in [1.29, 1.82) is 0 Å². The van der Waals surface area contributed by atoms with Gasteiger partial charge in [-0.3, -0.25) is 9.78 Å². The molecule has 0 radical (unpaired) electrons. The second-order valence-electron chi connectivity index (χ2n) is 6.60. The Hall–Kier alpha value is -1.94. The van der Waals surface area contributed by atoms with E-state index in [-0.39, 0.29) is 17.6 Å². The fourth-order valence-corrected chi connectivity index (χ4v) is 3.11. The Labute approximate surface area is 130 Å². The molecule has 22 heavy (non-hydrogen) atoms. The number of hydrogen-bond donors (Lipinski definition) is 1. The van der Waals surface area contributed by atoms with Gasteiger partial charge in [0.05, 0.1) is 16.7 Å². The molecule has 1 aliphatic heterocycles. The normalized spacial score (nSPS) is 20.8. The summed E-state index contributed by atoms with van der Waals surface area (Å²) in [5.41, 5.74) is 2.25. The van der Waals surface area contributed by atoms with Crippen LogP contribution in [0.3, 0.4) is 0 Å². The molecule has 4 nitrogen and oxygen atoms in total. The predicted molar refractivity (Wildman–Crippen MR) is 87.0 cm³/mol. The van der Waals surface area contributed by atoms with E-state index in [0.717, 1.165) is 29.4 Å². The number of benzene rings is 1. The van der Waals surface area contributed by atoms with Crippen LogP contribution in [0.1, 0.15) is 42.7 Å². The number of pyridine rings is 1. The van der Waals surface area contributed by atoms with Crippen molar-refractivity contribution in [2.24, 2.45) is 0 Å². The van der Waals surface area contributed by atoms with Gasteiger partial charge in [-0.25, -0.2) is 0 Å². The summed E-state index contributed by atoms with van der Waals surface area (Å²) in [5.74, 6) is -0.0237. The van der Waals surface area contributed by atoms with Gasteiger partial charge in [-0.1, -0.05) is 18.2 Å². The predicted octanol–water partition coefficient (Wildman–Crippen LogP) is 3.23. The highest BCUT2D eigenvalue weighted by atomic mass is 16.5. The van der Waals surface area contributed by atoms with E-state index in [1.165, 1.54) is 0 Å². The van der Waals surface area contributed by atoms with Gasteiger partial charge in [-0.15, -0.1) is 0 Å². The molecule has 1 unspecified atom stereocenters. The van der Waals surface area contributed by atoms with Gasteiger partial charge in [0.15, 0.2) is 0 Å². The van der Waals surface area contributed by atoms with Crippen molar-refractivity contribution in [3.05, 3.63) is 41.6 Å². The lowest BCUT2D eigenvalue weighted by molar-refractivity contribution is -0.0615. The summed E-state index contributed by atoms with van der Waals surface area (Å²) in [6.45, 7) is 6.74. The Bertz CT molecular complexity index is 709. The monoisotopic (exact) mass is 298 g/mol. The van der Waals surface area contributed by atoms with E-state index in [4.69, 9.17) is 4.74 Å². The summed E-state index contributed by atoms with van der Waals surface area (Å²) in [6, 6.07) is 9.79. The summed E-state index contributed by atoms with van der Waals surface area (Å²) in [5, 5.41) is 4.06. The van der Waals surface area contributed by atoms with Crippen LogP contribution in [0.4, 0.5) is 0 Å². The van der Waals surface area contributed by atoms with E-state index < -0.39 is 0 Å². The van der Waals surface area contributed by atoms with E-state index >= 15 is 0 Å². The van der Waals surface area contributed by atoms with Crippen molar-refractivity contribution in [3.63, 3.8) is 0 Å². The molecular weight excluding hydrogens is 276 g/mol. The lowest BCUT2D eigenvalue weighted by Crippen LogP contribution is -2.45. The largest absolute Gasteiger partial charge is 0.375 e. The summed E-state index contributed by atoms with van der Waals surface area (Å²) in [7, 11) is 0. The fourth-order valence-electron chi connectivity index (χ4n) is 3.11. The maximum absolute atomic E-state index is 12.7. The van der Waals surface area contributed by atoms with Gasteiger partial charge in [0.1, 0.15) is 0 Å². The maximum atomic E-state index is 12.7. The average Bonchev–Trinajstić information content (AvgIpc) is 2.45. The Morgan fingerprint density at radius 2 is 2.14 bits per heavy atom. The quantitative estimate of drug-likeness (QED) is 0.926. The van der Waals surface area contributed by atoms with Crippen LogP contribution in [0.2, 0.25) is 0 Å². The Kier molecular flexibility index (Phi) is 3.87. The number of fused-ring (bicyclic) bond motifs is 1. The minimum atomic E-state index is -0.174. The lowest BCUT2D eigenvalue weighted by atomic mass is 9.93. The zero-order chi connectivity index (χ0) is 15.7. The number of rotatable bonds is 2. The molecular formula is C18H22N2O2. The van der Waals surface area contributed by atoms with Crippen molar-refractivity contribution < 1.29 is 9.53 Å². The molecule has 1 aromatic heterocycles. The van der Waals surface area contributed by atoms with Crippen LogP contribution in [-0.2, 0) is 4.74 Å². The van der Waals surface area contributed by atoms with Gasteiger partial charge in [0, 0.05) is 23.7 Å². The molecule has 1 aromatic carbocycles. The molecule has 1 amide bonds. The third kappa shape index (κ3) is 3.12. The molecule has 0 saturated carbocycles. The molecule has 1 aliphatic rings. The smallest absolute Gasteiger partial charge is 0.252 e. The Balaban J connectivity index is 1.86. The van der Waals surface area contributed by atoms with Gasteiger partial charge in [-0.2, -0.15) is 0 Å². The summed E-state index contributed by atoms with van der Waals surface area (Å²) in [4.78, 5) is 17.2. The van der Waals surface area contributed by atoms with Crippen molar-refractivity contribution in [2.45, 2.75) is 45.3 Å². The van der Waals surface area contributed by atoms with Gasteiger partial charge < -0.3 is 10.1 Å². The van der Waals surface area contributed by atoms with Crippen LogP contribution < -0.4 is 5.32 Å². The number of carbonyl (C=O) groups excluding carboxylic acids is 1. The third-order valence-electron chi connectivity index (χ3n) is 4.12. The van der Waals surface area contributed by atoms with E-state index in [9.17, 15) is 4.79 Å². The van der Waals surface area contributed by atoms with Crippen LogP contribution in [-0.4, -0.2) is 29.1 Å². The standard InChI is InChI=1S/C18H22N2O2/c1-12-10-15(14-6-4-5-7-16(14)19-12)17(21)20-13-8-9-22-18(2,3)11-13/h4-7,10,13H,8-9,11H2,1-3H3,(H,20,21). The van der Waals surface area contributed by atoms with E-state index in [1.807, 2.05) is 37.3 Å². The zero-order valence-electron chi connectivity index (χ0n) is 13.3. The number of hydrogen-bond acceptors (Lipinski definition) is 3. The third-order valence-corrected chi connectivity index (χ3v) is 4.12. The van der Waals surface area contributed by atoms with Gasteiger partial charge in [0.2, 0.25) is 0 Å². The minimum absolute atomic E-state index is 0.0237. The van der Waals surface area contributed by atoms with Crippen LogP contribution in [0.5, 0.6) is 0 Å². The highest BCUT2D eigenvalue weighted by Crippen LogP contribution is 2.25. The first-order valence-corrected chi connectivity index (χ1v) is 7.76. The molecule has 2 aromatic rings. The highest BCUT2D eigenvalue weighted by Gasteiger charge is 2.30. The number of aromatic nitrogens is 1. The van der Waals surface area contributed by atoms with Gasteiger partial charge in [0.25, 0.3) is 5.91 Å². The van der Waals surface area contributed by atoms with Crippen LogP contribution >= 0.6 is 0 Å². The highest BCUT2D eigenvalue weighted by molar-refractivity contribution is 6.06. The molecule has 2 heterocycles. The summed E-state index contributed by atoms with van der Waals surface area (Å²) < 4.78 is 5.71. The first-order valence-electron chi connectivity index (χ1n) is 7.76.